The molecule has 1 saturated heterocycles. The lowest BCUT2D eigenvalue weighted by atomic mass is 9.65. The van der Waals surface area contributed by atoms with Gasteiger partial charge in [-0.2, -0.15) is 0 Å². The van der Waals surface area contributed by atoms with E-state index in [0.29, 0.717) is 24.4 Å². The van der Waals surface area contributed by atoms with Crippen molar-refractivity contribution in [3.63, 3.8) is 0 Å². The molecule has 4 atom stereocenters. The molecule has 2 fully saturated rings. The molecule has 2 aromatic carbocycles. The number of benzene rings is 2. The van der Waals surface area contributed by atoms with Gasteiger partial charge in [-0.15, -0.1) is 0 Å². The zero-order valence-corrected chi connectivity index (χ0v) is 17.6. The van der Waals surface area contributed by atoms with E-state index in [1.54, 1.807) is 4.90 Å². The van der Waals surface area contributed by atoms with Crippen molar-refractivity contribution in [2.75, 3.05) is 11.4 Å². The van der Waals surface area contributed by atoms with Crippen molar-refractivity contribution in [3.05, 3.63) is 66.2 Å². The number of hydrogen-bond acceptors (Lipinski definition) is 2. The van der Waals surface area contributed by atoms with Crippen LogP contribution in [0.4, 0.5) is 5.69 Å². The maximum atomic E-state index is 13.1. The van der Waals surface area contributed by atoms with E-state index < -0.39 is 0 Å². The minimum absolute atomic E-state index is 0.0214. The molecule has 4 nitrogen and oxygen atoms in total. The molecule has 4 rings (SSSR count). The highest BCUT2D eigenvalue weighted by molar-refractivity contribution is 5.81. The summed E-state index contributed by atoms with van der Waals surface area (Å²) in [7, 11) is 0. The van der Waals surface area contributed by atoms with Gasteiger partial charge in [0.05, 0.1) is 0 Å². The van der Waals surface area contributed by atoms with Crippen LogP contribution in [-0.4, -0.2) is 24.9 Å². The number of amides is 2. The number of piperidine rings is 1. The summed E-state index contributed by atoms with van der Waals surface area (Å²) in [5, 5.41) is 3.35. The first-order valence-electron chi connectivity index (χ1n) is 11.4. The summed E-state index contributed by atoms with van der Waals surface area (Å²) < 4.78 is 0. The molecular formula is C26H32N2O2. The minimum Gasteiger partial charge on any atom is -0.353 e. The standard InChI is InChI=1S/C26H32N2O2/c29-19-28(21-13-5-2-6-14-21)18-10-9-16-23-25(20-11-3-1-4-12-20)22-15-7-8-17-24(22)27-26(23)30/h1-6,11-14,19,22-25H,7-10,15-18H2,(H,27,30)/t22-,23+,24-,25+/m0/s1. The molecule has 4 heteroatoms. The van der Waals surface area contributed by atoms with Crippen LogP contribution in [0.2, 0.25) is 0 Å². The van der Waals surface area contributed by atoms with Crippen molar-refractivity contribution in [2.24, 2.45) is 11.8 Å². The first-order chi connectivity index (χ1) is 14.8. The first kappa shape index (κ1) is 20.6. The van der Waals surface area contributed by atoms with Crippen LogP contribution < -0.4 is 10.2 Å². The van der Waals surface area contributed by atoms with Crippen LogP contribution in [0, 0.1) is 11.8 Å². The number of unbranched alkanes of at least 4 members (excludes halogenated alkanes) is 1. The Bertz CT molecular complexity index is 823. The second-order valence-corrected chi connectivity index (χ2v) is 8.74. The number of anilines is 1. The number of nitrogens with one attached hydrogen (secondary N) is 1. The quantitative estimate of drug-likeness (QED) is 0.502. The number of rotatable bonds is 8. The van der Waals surface area contributed by atoms with Gasteiger partial charge >= 0.3 is 0 Å². The van der Waals surface area contributed by atoms with E-state index in [4.69, 9.17) is 0 Å². The van der Waals surface area contributed by atoms with Crippen LogP contribution in [0.15, 0.2) is 60.7 Å². The fraction of sp³-hybridized carbons (Fsp3) is 0.462. The molecule has 2 amide bonds. The lowest BCUT2D eigenvalue weighted by molar-refractivity contribution is -0.131. The SMILES string of the molecule is O=CN(CCCC[C@H]1C(=O)N[C@H]2CCCC[C@@H]2[C@H]1c1ccccc1)c1ccccc1. The Kier molecular flexibility index (Phi) is 6.83. The molecular weight excluding hydrogens is 372 g/mol. The summed E-state index contributed by atoms with van der Waals surface area (Å²) in [5.41, 5.74) is 2.24. The Morgan fingerprint density at radius 1 is 0.933 bits per heavy atom. The van der Waals surface area contributed by atoms with Gasteiger partial charge in [0.25, 0.3) is 0 Å². The molecule has 1 N–H and O–H groups in total. The van der Waals surface area contributed by atoms with E-state index in [2.05, 4.69) is 35.6 Å². The van der Waals surface area contributed by atoms with Gasteiger partial charge in [0.2, 0.25) is 12.3 Å². The van der Waals surface area contributed by atoms with Gasteiger partial charge in [0, 0.05) is 30.1 Å². The third-order valence-electron chi connectivity index (χ3n) is 6.94. The smallest absolute Gasteiger partial charge is 0.223 e. The van der Waals surface area contributed by atoms with Crippen LogP contribution >= 0.6 is 0 Å². The van der Waals surface area contributed by atoms with Crippen LogP contribution in [0.5, 0.6) is 0 Å². The van der Waals surface area contributed by atoms with Crippen LogP contribution in [-0.2, 0) is 9.59 Å². The number of nitrogens with zero attached hydrogens (tertiary/aromatic N) is 1. The van der Waals surface area contributed by atoms with Gasteiger partial charge in [-0.3, -0.25) is 9.59 Å². The number of hydrogen-bond donors (Lipinski definition) is 1. The van der Waals surface area contributed by atoms with Crippen molar-refractivity contribution < 1.29 is 9.59 Å². The van der Waals surface area contributed by atoms with Crippen LogP contribution in [0.3, 0.4) is 0 Å². The summed E-state index contributed by atoms with van der Waals surface area (Å²) >= 11 is 0. The number of para-hydroxylation sites is 1. The third-order valence-corrected chi connectivity index (χ3v) is 6.94. The first-order valence-corrected chi connectivity index (χ1v) is 11.4. The Balaban J connectivity index is 1.42. The predicted molar refractivity (Wildman–Crippen MR) is 120 cm³/mol. The zero-order chi connectivity index (χ0) is 20.8. The van der Waals surface area contributed by atoms with Crippen LogP contribution in [0.25, 0.3) is 0 Å². The van der Waals surface area contributed by atoms with E-state index in [-0.39, 0.29) is 11.8 Å². The second-order valence-electron chi connectivity index (χ2n) is 8.74. The van der Waals surface area contributed by atoms with Crippen molar-refractivity contribution in [1.82, 2.24) is 5.32 Å². The van der Waals surface area contributed by atoms with E-state index >= 15 is 0 Å². The Morgan fingerprint density at radius 2 is 1.63 bits per heavy atom. The van der Waals surface area contributed by atoms with Gasteiger partial charge in [-0.05, 0) is 49.3 Å². The monoisotopic (exact) mass is 404 g/mol. The third kappa shape index (κ3) is 4.58. The molecule has 1 heterocycles. The average molecular weight is 405 g/mol. The number of carbonyl (C=O) groups excluding carboxylic acids is 2. The molecule has 0 aromatic heterocycles. The van der Waals surface area contributed by atoms with E-state index in [1.807, 2.05) is 30.3 Å². The second kappa shape index (κ2) is 9.92. The summed E-state index contributed by atoms with van der Waals surface area (Å²) in [6.07, 6.45) is 8.40. The summed E-state index contributed by atoms with van der Waals surface area (Å²) in [4.78, 5) is 26.3. The molecule has 1 aliphatic carbocycles. The minimum atomic E-state index is 0.0214. The molecule has 0 spiro atoms. The average Bonchev–Trinajstić information content (AvgIpc) is 2.80. The molecule has 1 saturated carbocycles. The van der Waals surface area contributed by atoms with Crippen molar-refractivity contribution in [1.29, 1.82) is 0 Å². The highest BCUT2D eigenvalue weighted by Gasteiger charge is 2.44. The highest BCUT2D eigenvalue weighted by Crippen LogP contribution is 2.45. The van der Waals surface area contributed by atoms with Gasteiger partial charge in [-0.25, -0.2) is 0 Å². The Hall–Kier alpha value is -2.62. The molecule has 158 valence electrons. The summed E-state index contributed by atoms with van der Waals surface area (Å²) in [6.45, 7) is 0.684. The van der Waals surface area contributed by atoms with E-state index in [0.717, 1.165) is 37.8 Å². The molecule has 2 aliphatic rings. The van der Waals surface area contributed by atoms with Crippen molar-refractivity contribution in [2.45, 2.75) is 56.9 Å². The fourth-order valence-electron chi connectivity index (χ4n) is 5.49. The molecule has 0 radical (unpaired) electrons. The normalized spacial score (nSPS) is 25.8. The maximum Gasteiger partial charge on any atom is 0.223 e. The number of carbonyl (C=O) groups is 2. The van der Waals surface area contributed by atoms with Crippen molar-refractivity contribution in [3.8, 4) is 0 Å². The van der Waals surface area contributed by atoms with Gasteiger partial charge in [0.15, 0.2) is 0 Å². The molecule has 2 aromatic rings. The predicted octanol–water partition coefficient (Wildman–Crippen LogP) is 4.91. The lowest BCUT2D eigenvalue weighted by Crippen LogP contribution is -2.54. The maximum absolute atomic E-state index is 13.1. The fourth-order valence-corrected chi connectivity index (χ4v) is 5.49. The van der Waals surface area contributed by atoms with Crippen LogP contribution in [0.1, 0.15) is 56.4 Å². The number of fused-ring (bicyclic) bond motifs is 1. The summed E-state index contributed by atoms with van der Waals surface area (Å²) in [5.74, 6) is 1.09. The van der Waals surface area contributed by atoms with Gasteiger partial charge < -0.3 is 10.2 Å². The highest BCUT2D eigenvalue weighted by atomic mass is 16.2. The largest absolute Gasteiger partial charge is 0.353 e. The molecule has 30 heavy (non-hydrogen) atoms. The Morgan fingerprint density at radius 3 is 2.37 bits per heavy atom. The van der Waals surface area contributed by atoms with Gasteiger partial charge in [-0.1, -0.05) is 67.8 Å². The molecule has 0 bridgehead atoms. The zero-order valence-electron chi connectivity index (χ0n) is 17.6. The van der Waals surface area contributed by atoms with Gasteiger partial charge in [0.1, 0.15) is 0 Å². The lowest BCUT2D eigenvalue weighted by Gasteiger charge is -2.46. The topological polar surface area (TPSA) is 49.4 Å². The van der Waals surface area contributed by atoms with E-state index in [9.17, 15) is 9.59 Å². The van der Waals surface area contributed by atoms with Crippen molar-refractivity contribution >= 4 is 18.0 Å². The molecule has 1 aliphatic heterocycles. The summed E-state index contributed by atoms with van der Waals surface area (Å²) in [6, 6.07) is 20.7. The van der Waals surface area contributed by atoms with E-state index in [1.165, 1.54) is 24.8 Å². The molecule has 0 unspecified atom stereocenters. The Labute approximate surface area is 179 Å².